The van der Waals surface area contributed by atoms with Crippen molar-refractivity contribution in [3.8, 4) is 0 Å². The van der Waals surface area contributed by atoms with Gasteiger partial charge in [-0.25, -0.2) is 9.59 Å². The summed E-state index contributed by atoms with van der Waals surface area (Å²) >= 11 is 0. The summed E-state index contributed by atoms with van der Waals surface area (Å²) in [6.45, 7) is 6.99. The maximum absolute atomic E-state index is 11.9. The Bertz CT molecular complexity index is 492. The molecule has 8 nitrogen and oxygen atoms in total. The molecule has 2 amide bonds. The van der Waals surface area contributed by atoms with Gasteiger partial charge in [0.05, 0.1) is 6.04 Å². The number of urea groups is 1. The number of carboxylic acid groups (broad SMARTS) is 1. The first-order valence-corrected chi connectivity index (χ1v) is 6.26. The Labute approximate surface area is 117 Å². The molecule has 2 atom stereocenters. The third kappa shape index (κ3) is 3.94. The van der Waals surface area contributed by atoms with Crippen molar-refractivity contribution in [3.05, 3.63) is 12.2 Å². The van der Waals surface area contributed by atoms with E-state index in [1.807, 2.05) is 0 Å². The van der Waals surface area contributed by atoms with Gasteiger partial charge in [0, 0.05) is 7.05 Å². The number of hydrogen-bond donors (Lipinski definition) is 3. The molecule has 1 heterocycles. The first-order valence-electron chi connectivity index (χ1n) is 6.26. The molecule has 0 saturated carbocycles. The number of hydrogen-bond acceptors (Lipinski definition) is 4. The van der Waals surface area contributed by atoms with Gasteiger partial charge in [0.15, 0.2) is 5.82 Å². The number of nitrogens with one attached hydrogen (secondary N) is 2. The third-order valence-electron chi connectivity index (χ3n) is 2.87. The molecule has 1 unspecified atom stereocenters. The average molecular weight is 283 g/mol. The fourth-order valence-corrected chi connectivity index (χ4v) is 1.77. The summed E-state index contributed by atoms with van der Waals surface area (Å²) in [5.41, 5.74) is -0.586. The van der Waals surface area contributed by atoms with E-state index in [4.69, 9.17) is 5.11 Å². The molecule has 20 heavy (non-hydrogen) atoms. The summed E-state index contributed by atoms with van der Waals surface area (Å²) in [5.74, 6) is -0.484. The Morgan fingerprint density at radius 2 is 1.95 bits per heavy atom. The van der Waals surface area contributed by atoms with Crippen molar-refractivity contribution in [1.82, 2.24) is 25.4 Å². The zero-order valence-electron chi connectivity index (χ0n) is 12.3. The third-order valence-corrected chi connectivity index (χ3v) is 2.87. The van der Waals surface area contributed by atoms with Crippen LogP contribution in [0.4, 0.5) is 4.79 Å². The minimum Gasteiger partial charge on any atom is -0.480 e. The summed E-state index contributed by atoms with van der Waals surface area (Å²) in [7, 11) is 1.76. The maximum Gasteiger partial charge on any atom is 0.326 e. The molecule has 0 fully saturated rings. The second kappa shape index (κ2) is 5.89. The van der Waals surface area contributed by atoms with Crippen LogP contribution in [0.15, 0.2) is 6.33 Å². The fourth-order valence-electron chi connectivity index (χ4n) is 1.77. The van der Waals surface area contributed by atoms with Crippen molar-refractivity contribution in [2.24, 2.45) is 12.5 Å². The van der Waals surface area contributed by atoms with Crippen LogP contribution in [0.3, 0.4) is 0 Å². The number of aryl methyl sites for hydroxylation is 1. The van der Waals surface area contributed by atoms with Crippen LogP contribution >= 0.6 is 0 Å². The Balaban J connectivity index is 2.68. The van der Waals surface area contributed by atoms with Gasteiger partial charge < -0.3 is 20.3 Å². The highest BCUT2D eigenvalue weighted by Gasteiger charge is 2.33. The van der Waals surface area contributed by atoms with E-state index in [-0.39, 0.29) is 6.04 Å². The number of carbonyl (C=O) groups excluding carboxylic acids is 1. The molecular weight excluding hydrogens is 262 g/mol. The molecule has 0 radical (unpaired) electrons. The molecule has 0 aliphatic heterocycles. The molecule has 0 saturated heterocycles. The molecule has 1 aromatic rings. The number of carbonyl (C=O) groups is 2. The normalized spacial score (nSPS) is 14.4. The van der Waals surface area contributed by atoms with Crippen LogP contribution in [0.2, 0.25) is 0 Å². The predicted molar refractivity (Wildman–Crippen MR) is 72.0 cm³/mol. The monoisotopic (exact) mass is 283 g/mol. The topological polar surface area (TPSA) is 109 Å². The number of rotatable bonds is 4. The molecule has 3 N–H and O–H groups in total. The van der Waals surface area contributed by atoms with E-state index in [1.165, 1.54) is 6.33 Å². The molecular formula is C12H21N5O3. The van der Waals surface area contributed by atoms with Gasteiger partial charge in [-0.15, -0.1) is 10.2 Å². The van der Waals surface area contributed by atoms with Crippen LogP contribution in [0, 0.1) is 5.41 Å². The molecule has 0 aromatic carbocycles. The van der Waals surface area contributed by atoms with Gasteiger partial charge in [-0.1, -0.05) is 20.8 Å². The zero-order valence-corrected chi connectivity index (χ0v) is 12.3. The summed E-state index contributed by atoms with van der Waals surface area (Å²) in [6.07, 6.45) is 1.53. The average Bonchev–Trinajstić information content (AvgIpc) is 2.70. The highest BCUT2D eigenvalue weighted by Crippen LogP contribution is 2.19. The number of aromatic nitrogens is 3. The van der Waals surface area contributed by atoms with Crippen molar-refractivity contribution in [3.63, 3.8) is 0 Å². The summed E-state index contributed by atoms with van der Waals surface area (Å²) < 4.78 is 1.68. The number of aliphatic carboxylic acids is 1. The van der Waals surface area contributed by atoms with Crippen LogP contribution < -0.4 is 10.6 Å². The second-order valence-electron chi connectivity index (χ2n) is 5.78. The molecule has 1 rings (SSSR count). The van der Waals surface area contributed by atoms with Crippen LogP contribution in [0.25, 0.3) is 0 Å². The van der Waals surface area contributed by atoms with Crippen LogP contribution in [0.1, 0.15) is 39.6 Å². The van der Waals surface area contributed by atoms with Gasteiger partial charge in [0.2, 0.25) is 0 Å². The van der Waals surface area contributed by atoms with Gasteiger partial charge in [-0.2, -0.15) is 0 Å². The van der Waals surface area contributed by atoms with Gasteiger partial charge >= 0.3 is 12.0 Å². The lowest BCUT2D eigenvalue weighted by Crippen LogP contribution is -2.52. The van der Waals surface area contributed by atoms with Crippen molar-refractivity contribution >= 4 is 12.0 Å². The Hall–Kier alpha value is -2.12. The van der Waals surface area contributed by atoms with E-state index in [2.05, 4.69) is 20.8 Å². The molecule has 1 aromatic heterocycles. The smallest absolute Gasteiger partial charge is 0.326 e. The first kappa shape index (κ1) is 15.9. The van der Waals surface area contributed by atoms with Crippen molar-refractivity contribution < 1.29 is 14.7 Å². The van der Waals surface area contributed by atoms with Crippen LogP contribution in [-0.4, -0.2) is 37.9 Å². The highest BCUT2D eigenvalue weighted by atomic mass is 16.4. The minimum absolute atomic E-state index is 0.378. The SMILES string of the molecule is CC(NC(=O)N[C@@H](C(=O)O)C(C)(C)C)c1nncn1C. The van der Waals surface area contributed by atoms with E-state index in [0.717, 1.165) is 0 Å². The fraction of sp³-hybridized carbons (Fsp3) is 0.667. The highest BCUT2D eigenvalue weighted by molar-refractivity contribution is 5.83. The molecule has 0 bridgehead atoms. The van der Waals surface area contributed by atoms with Crippen LogP contribution in [0.5, 0.6) is 0 Å². The standard InChI is InChI=1S/C12H21N5O3/c1-7(9-16-13-6-17(9)5)14-11(20)15-8(10(18)19)12(2,3)4/h6-8H,1-5H3,(H,18,19)(H2,14,15,20)/t7?,8-/m0/s1. The molecule has 0 aliphatic rings. The van der Waals surface area contributed by atoms with Crippen molar-refractivity contribution in [1.29, 1.82) is 0 Å². The first-order chi connectivity index (χ1) is 9.12. The summed E-state index contributed by atoms with van der Waals surface area (Å²) in [4.78, 5) is 23.1. The van der Waals surface area contributed by atoms with Crippen molar-refractivity contribution in [2.75, 3.05) is 0 Å². The minimum atomic E-state index is -1.07. The number of nitrogens with zero attached hydrogens (tertiary/aromatic N) is 3. The van der Waals surface area contributed by atoms with Gasteiger partial charge in [0.25, 0.3) is 0 Å². The van der Waals surface area contributed by atoms with E-state index < -0.39 is 23.5 Å². The summed E-state index contributed by atoms with van der Waals surface area (Å²) in [5, 5.41) is 21.9. The Kier molecular flexibility index (Phi) is 4.69. The second-order valence-corrected chi connectivity index (χ2v) is 5.78. The zero-order chi connectivity index (χ0) is 15.5. The molecule has 0 spiro atoms. The number of carboxylic acids is 1. The quantitative estimate of drug-likeness (QED) is 0.752. The van der Waals surface area contributed by atoms with Crippen LogP contribution in [-0.2, 0) is 11.8 Å². The maximum atomic E-state index is 11.9. The number of amides is 2. The predicted octanol–water partition coefficient (Wildman–Crippen LogP) is 0.675. The van der Waals surface area contributed by atoms with Gasteiger partial charge in [0.1, 0.15) is 12.4 Å². The van der Waals surface area contributed by atoms with E-state index in [1.54, 1.807) is 39.3 Å². The lowest BCUT2D eigenvalue weighted by molar-refractivity contribution is -0.141. The Morgan fingerprint density at radius 3 is 2.35 bits per heavy atom. The van der Waals surface area contributed by atoms with E-state index >= 15 is 0 Å². The lowest BCUT2D eigenvalue weighted by atomic mass is 9.87. The van der Waals surface area contributed by atoms with E-state index in [9.17, 15) is 9.59 Å². The largest absolute Gasteiger partial charge is 0.480 e. The molecule has 8 heteroatoms. The molecule has 0 aliphatic carbocycles. The van der Waals surface area contributed by atoms with Crippen molar-refractivity contribution in [2.45, 2.75) is 39.8 Å². The lowest BCUT2D eigenvalue weighted by Gasteiger charge is -2.28. The Morgan fingerprint density at radius 1 is 1.35 bits per heavy atom. The van der Waals surface area contributed by atoms with Gasteiger partial charge in [-0.3, -0.25) is 0 Å². The summed E-state index contributed by atoms with van der Waals surface area (Å²) in [6, 6.07) is -1.91. The van der Waals surface area contributed by atoms with Gasteiger partial charge in [-0.05, 0) is 12.3 Å². The molecule has 112 valence electrons. The van der Waals surface area contributed by atoms with E-state index in [0.29, 0.717) is 5.82 Å².